The first kappa shape index (κ1) is 13.8. The molecule has 0 aliphatic heterocycles. The van der Waals surface area contributed by atoms with Crippen molar-refractivity contribution in [3.05, 3.63) is 29.8 Å². The van der Waals surface area contributed by atoms with Crippen LogP contribution in [0.3, 0.4) is 0 Å². The lowest BCUT2D eigenvalue weighted by atomic mass is 9.88. The summed E-state index contributed by atoms with van der Waals surface area (Å²) < 4.78 is 0. The minimum Gasteiger partial charge on any atom is -0.372 e. The second kappa shape index (κ2) is 6.03. The Hall–Kier alpha value is -1.60. The summed E-state index contributed by atoms with van der Waals surface area (Å²) in [4.78, 5) is 17.2. The fourth-order valence-electron chi connectivity index (χ4n) is 3.09. The van der Waals surface area contributed by atoms with Gasteiger partial charge in [0, 0.05) is 18.8 Å². The van der Waals surface area contributed by atoms with E-state index in [0.717, 1.165) is 44.3 Å². The van der Waals surface area contributed by atoms with Crippen LogP contribution < -0.4 is 4.90 Å². The third kappa shape index (κ3) is 2.71. The van der Waals surface area contributed by atoms with Gasteiger partial charge in [0.25, 0.3) is 0 Å². The van der Waals surface area contributed by atoms with Crippen molar-refractivity contribution < 1.29 is 4.79 Å². The number of benzene rings is 1. The molecule has 3 heteroatoms. The molecule has 1 fully saturated rings. The van der Waals surface area contributed by atoms with Crippen LogP contribution in [0.2, 0.25) is 0 Å². The highest BCUT2D eigenvalue weighted by molar-refractivity contribution is 5.51. The molecule has 1 aliphatic carbocycles. The Labute approximate surface area is 115 Å². The largest absolute Gasteiger partial charge is 0.372 e. The minimum atomic E-state index is -0.315. The number of hydrogen-bond acceptors (Lipinski definition) is 3. The van der Waals surface area contributed by atoms with Crippen molar-refractivity contribution in [2.45, 2.75) is 45.1 Å². The highest BCUT2D eigenvalue weighted by atomic mass is 16.1. The molecule has 3 nitrogen and oxygen atoms in total. The van der Waals surface area contributed by atoms with Crippen molar-refractivity contribution >= 4 is 11.8 Å². The number of aliphatic imine (C=N–C) groups is 1. The van der Waals surface area contributed by atoms with E-state index in [1.807, 2.05) is 0 Å². The number of carbonyl (C=O) groups excluding carboxylic acids is 1. The van der Waals surface area contributed by atoms with Crippen LogP contribution in [0.25, 0.3) is 0 Å². The lowest BCUT2D eigenvalue weighted by molar-refractivity contribution is 0.456. The van der Waals surface area contributed by atoms with E-state index in [4.69, 9.17) is 0 Å². The minimum absolute atomic E-state index is 0.315. The molecule has 1 aromatic rings. The van der Waals surface area contributed by atoms with Crippen LogP contribution in [0.15, 0.2) is 29.3 Å². The normalized spacial score (nSPS) is 16.9. The SMILES string of the molecule is CCN(CC)c1cccc(C2(N=C=O)CCCC2)c1. The van der Waals surface area contributed by atoms with Crippen molar-refractivity contribution in [3.8, 4) is 0 Å². The maximum absolute atomic E-state index is 10.8. The molecule has 0 unspecified atom stereocenters. The molecule has 1 saturated carbocycles. The summed E-state index contributed by atoms with van der Waals surface area (Å²) in [5, 5.41) is 0. The molecular formula is C16H22N2O. The average molecular weight is 258 g/mol. The fourth-order valence-corrected chi connectivity index (χ4v) is 3.09. The Balaban J connectivity index is 2.39. The molecule has 1 aliphatic rings. The van der Waals surface area contributed by atoms with Crippen molar-refractivity contribution in [2.75, 3.05) is 18.0 Å². The average Bonchev–Trinajstić information content (AvgIpc) is 2.91. The highest BCUT2D eigenvalue weighted by Crippen LogP contribution is 2.42. The second-order valence-corrected chi connectivity index (χ2v) is 5.16. The van der Waals surface area contributed by atoms with Crippen LogP contribution >= 0.6 is 0 Å². The topological polar surface area (TPSA) is 32.7 Å². The van der Waals surface area contributed by atoms with Crippen molar-refractivity contribution in [3.63, 3.8) is 0 Å². The van der Waals surface area contributed by atoms with E-state index in [1.54, 1.807) is 6.08 Å². The van der Waals surface area contributed by atoms with Gasteiger partial charge in [-0.1, -0.05) is 25.0 Å². The molecule has 0 N–H and O–H groups in total. The Bertz CT molecular complexity index is 467. The lowest BCUT2D eigenvalue weighted by Crippen LogP contribution is -2.23. The molecule has 0 saturated heterocycles. The van der Waals surface area contributed by atoms with Crippen LogP contribution in [-0.2, 0) is 10.3 Å². The predicted molar refractivity (Wildman–Crippen MR) is 78.3 cm³/mol. The Morgan fingerprint density at radius 2 is 1.95 bits per heavy atom. The zero-order valence-corrected chi connectivity index (χ0v) is 11.9. The van der Waals surface area contributed by atoms with Gasteiger partial charge in [-0.25, -0.2) is 4.79 Å². The van der Waals surface area contributed by atoms with Gasteiger partial charge < -0.3 is 4.90 Å². The fraction of sp³-hybridized carbons (Fsp3) is 0.562. The Morgan fingerprint density at radius 1 is 1.26 bits per heavy atom. The molecule has 2 rings (SSSR count). The first-order valence-electron chi connectivity index (χ1n) is 7.20. The van der Waals surface area contributed by atoms with E-state index in [1.165, 1.54) is 5.69 Å². The molecule has 0 aromatic heterocycles. The van der Waals surface area contributed by atoms with Crippen LogP contribution in [0.5, 0.6) is 0 Å². The first-order chi connectivity index (χ1) is 9.25. The summed E-state index contributed by atoms with van der Waals surface area (Å²) >= 11 is 0. The van der Waals surface area contributed by atoms with Gasteiger partial charge in [0.15, 0.2) is 0 Å². The van der Waals surface area contributed by atoms with E-state index in [-0.39, 0.29) is 5.54 Å². The molecule has 0 amide bonds. The summed E-state index contributed by atoms with van der Waals surface area (Å²) in [5.41, 5.74) is 2.07. The monoisotopic (exact) mass is 258 g/mol. The summed E-state index contributed by atoms with van der Waals surface area (Å²) in [6.07, 6.45) is 5.99. The van der Waals surface area contributed by atoms with Gasteiger partial charge in [0.2, 0.25) is 6.08 Å². The van der Waals surface area contributed by atoms with Gasteiger partial charge in [0.1, 0.15) is 0 Å². The van der Waals surface area contributed by atoms with E-state index >= 15 is 0 Å². The molecule has 1 aromatic carbocycles. The highest BCUT2D eigenvalue weighted by Gasteiger charge is 2.35. The number of isocyanates is 1. The van der Waals surface area contributed by atoms with Gasteiger partial charge in [-0.2, -0.15) is 4.99 Å². The van der Waals surface area contributed by atoms with Gasteiger partial charge >= 0.3 is 0 Å². The molecule has 0 bridgehead atoms. The van der Waals surface area contributed by atoms with Crippen molar-refractivity contribution in [1.82, 2.24) is 0 Å². The Kier molecular flexibility index (Phi) is 4.39. The predicted octanol–water partition coefficient (Wildman–Crippen LogP) is 3.64. The standard InChI is InChI=1S/C16H22N2O/c1-3-18(4-2)15-9-7-8-14(12-15)16(17-13-19)10-5-6-11-16/h7-9,12H,3-6,10-11H2,1-2H3. The maximum Gasteiger partial charge on any atom is 0.235 e. The van der Waals surface area contributed by atoms with Crippen molar-refractivity contribution in [1.29, 1.82) is 0 Å². The van der Waals surface area contributed by atoms with Gasteiger partial charge in [-0.15, -0.1) is 0 Å². The van der Waals surface area contributed by atoms with Crippen LogP contribution in [0.4, 0.5) is 5.69 Å². The quantitative estimate of drug-likeness (QED) is 0.596. The molecular weight excluding hydrogens is 236 g/mol. The molecule has 0 heterocycles. The van der Waals surface area contributed by atoms with E-state index in [9.17, 15) is 4.79 Å². The van der Waals surface area contributed by atoms with E-state index in [0.29, 0.717) is 0 Å². The number of hydrogen-bond donors (Lipinski definition) is 0. The maximum atomic E-state index is 10.8. The van der Waals surface area contributed by atoms with Crippen molar-refractivity contribution in [2.24, 2.45) is 4.99 Å². The summed E-state index contributed by atoms with van der Waals surface area (Å²) in [7, 11) is 0. The summed E-state index contributed by atoms with van der Waals surface area (Å²) in [5.74, 6) is 0. The molecule has 0 atom stereocenters. The van der Waals surface area contributed by atoms with Gasteiger partial charge in [-0.05, 0) is 44.4 Å². The zero-order valence-electron chi connectivity index (χ0n) is 11.9. The molecule has 102 valence electrons. The smallest absolute Gasteiger partial charge is 0.235 e. The Morgan fingerprint density at radius 3 is 2.53 bits per heavy atom. The van der Waals surface area contributed by atoms with Gasteiger partial charge in [-0.3, -0.25) is 0 Å². The van der Waals surface area contributed by atoms with Gasteiger partial charge in [0.05, 0.1) is 5.54 Å². The number of anilines is 1. The zero-order chi connectivity index (χ0) is 13.7. The third-order valence-corrected chi connectivity index (χ3v) is 4.20. The number of rotatable bonds is 5. The van der Waals surface area contributed by atoms with Crippen LogP contribution in [0.1, 0.15) is 45.1 Å². The molecule has 19 heavy (non-hydrogen) atoms. The summed E-state index contributed by atoms with van der Waals surface area (Å²) in [6, 6.07) is 8.49. The van der Waals surface area contributed by atoms with E-state index in [2.05, 4.69) is 48.0 Å². The molecule has 0 radical (unpaired) electrons. The van der Waals surface area contributed by atoms with E-state index < -0.39 is 0 Å². The lowest BCUT2D eigenvalue weighted by Gasteiger charge is -2.26. The van der Waals surface area contributed by atoms with Crippen LogP contribution in [-0.4, -0.2) is 19.2 Å². The molecule has 0 spiro atoms. The van der Waals surface area contributed by atoms with Crippen LogP contribution in [0, 0.1) is 0 Å². The summed E-state index contributed by atoms with van der Waals surface area (Å²) in [6.45, 7) is 6.30. The first-order valence-corrected chi connectivity index (χ1v) is 7.20. The second-order valence-electron chi connectivity index (χ2n) is 5.16. The third-order valence-electron chi connectivity index (χ3n) is 4.20. The number of nitrogens with zero attached hydrogens (tertiary/aromatic N) is 2.